The van der Waals surface area contributed by atoms with Gasteiger partial charge in [-0.2, -0.15) is 10.1 Å². The minimum atomic E-state index is 0.0823. The van der Waals surface area contributed by atoms with Gasteiger partial charge in [0.05, 0.1) is 19.3 Å². The lowest BCUT2D eigenvalue weighted by Crippen LogP contribution is -2.41. The molecule has 1 saturated heterocycles. The predicted molar refractivity (Wildman–Crippen MR) is 160 cm³/mol. The molecule has 7 rings (SSSR count). The fourth-order valence-electron chi connectivity index (χ4n) is 6.77. The number of aromatic amines is 1. The van der Waals surface area contributed by atoms with Crippen LogP contribution in [0.3, 0.4) is 0 Å². The van der Waals surface area contributed by atoms with Gasteiger partial charge in [-0.15, -0.1) is 0 Å². The summed E-state index contributed by atoms with van der Waals surface area (Å²) in [4.78, 5) is 22.1. The van der Waals surface area contributed by atoms with Crippen molar-refractivity contribution in [2.45, 2.75) is 77.4 Å². The van der Waals surface area contributed by atoms with Gasteiger partial charge in [0.2, 0.25) is 11.8 Å². The number of benzene rings is 1. The number of nitrogens with one attached hydrogen (secondary N) is 2. The Bertz CT molecular complexity index is 1440. The van der Waals surface area contributed by atoms with Crippen molar-refractivity contribution < 1.29 is 4.74 Å². The maximum absolute atomic E-state index is 6.02. The minimum Gasteiger partial charge on any atom is -0.377 e. The van der Waals surface area contributed by atoms with Crippen LogP contribution in [0.1, 0.15) is 70.4 Å². The Kier molecular flexibility index (Phi) is 7.33. The molecular formula is C31H41N9O. The van der Waals surface area contributed by atoms with Crippen molar-refractivity contribution in [3.8, 4) is 11.6 Å². The first-order valence-corrected chi connectivity index (χ1v) is 15.4. The summed E-state index contributed by atoms with van der Waals surface area (Å²) < 4.78 is 8.44. The SMILES string of the molecule is CC1CCC(Cn2c(N3CCOCC3c3ccccc3)nc3nc(-c4ncn[nH]4)nc(NC(C)C4CCC4)c32)CC1. The number of ether oxygens (including phenoxy) is 1. The topological polar surface area (TPSA) is 110 Å². The van der Waals surface area contributed by atoms with Crippen LogP contribution >= 0.6 is 0 Å². The van der Waals surface area contributed by atoms with Crippen molar-refractivity contribution in [1.82, 2.24) is 34.7 Å². The van der Waals surface area contributed by atoms with E-state index in [-0.39, 0.29) is 6.04 Å². The van der Waals surface area contributed by atoms with E-state index in [0.29, 0.717) is 48.4 Å². The molecule has 0 radical (unpaired) electrons. The molecule has 41 heavy (non-hydrogen) atoms. The third-order valence-electron chi connectivity index (χ3n) is 9.58. The van der Waals surface area contributed by atoms with Crippen molar-refractivity contribution in [1.29, 1.82) is 0 Å². The largest absolute Gasteiger partial charge is 0.377 e. The van der Waals surface area contributed by atoms with E-state index >= 15 is 0 Å². The number of fused-ring (bicyclic) bond motifs is 1. The summed E-state index contributed by atoms with van der Waals surface area (Å²) in [6.45, 7) is 7.65. The molecule has 2 saturated carbocycles. The molecule has 1 aromatic carbocycles. The first kappa shape index (κ1) is 26.4. The molecule has 2 aliphatic carbocycles. The van der Waals surface area contributed by atoms with E-state index in [2.05, 4.69) is 74.1 Å². The van der Waals surface area contributed by atoms with Gasteiger partial charge >= 0.3 is 0 Å². The summed E-state index contributed by atoms with van der Waals surface area (Å²) in [5.74, 6) is 4.93. The maximum atomic E-state index is 6.02. The summed E-state index contributed by atoms with van der Waals surface area (Å²) in [7, 11) is 0. The van der Waals surface area contributed by atoms with Gasteiger partial charge in [0.25, 0.3) is 0 Å². The fourth-order valence-corrected chi connectivity index (χ4v) is 6.77. The van der Waals surface area contributed by atoms with Crippen molar-refractivity contribution >= 4 is 22.9 Å². The second-order valence-corrected chi connectivity index (χ2v) is 12.4. The van der Waals surface area contributed by atoms with E-state index in [1.54, 1.807) is 0 Å². The van der Waals surface area contributed by atoms with Crippen LogP contribution in [0.25, 0.3) is 22.8 Å². The lowest BCUT2D eigenvalue weighted by atomic mass is 9.80. The average Bonchev–Trinajstić information content (AvgIpc) is 3.63. The smallest absolute Gasteiger partial charge is 0.208 e. The second kappa shape index (κ2) is 11.4. The van der Waals surface area contributed by atoms with E-state index in [1.165, 1.54) is 56.8 Å². The Hall–Kier alpha value is -3.53. The fraction of sp³-hybridized carbons (Fsp3) is 0.581. The first-order chi connectivity index (χ1) is 20.1. The van der Waals surface area contributed by atoms with Gasteiger partial charge in [-0.1, -0.05) is 56.5 Å². The molecule has 10 heteroatoms. The quantitative estimate of drug-likeness (QED) is 0.288. The van der Waals surface area contributed by atoms with Gasteiger partial charge in [0.1, 0.15) is 11.8 Å². The summed E-state index contributed by atoms with van der Waals surface area (Å²) in [6, 6.07) is 11.1. The average molecular weight is 556 g/mol. The molecule has 0 amide bonds. The number of rotatable bonds is 8. The van der Waals surface area contributed by atoms with Crippen molar-refractivity contribution in [2.75, 3.05) is 30.0 Å². The van der Waals surface area contributed by atoms with E-state index in [0.717, 1.165) is 36.3 Å². The monoisotopic (exact) mass is 555 g/mol. The molecule has 1 aliphatic heterocycles. The number of nitrogens with zero attached hydrogens (tertiary/aromatic N) is 7. The first-order valence-electron chi connectivity index (χ1n) is 15.4. The van der Waals surface area contributed by atoms with Gasteiger partial charge in [0.15, 0.2) is 17.3 Å². The molecule has 3 fully saturated rings. The van der Waals surface area contributed by atoms with Crippen molar-refractivity contribution in [3.63, 3.8) is 0 Å². The van der Waals surface area contributed by atoms with Crippen LogP contribution in [0.5, 0.6) is 0 Å². The van der Waals surface area contributed by atoms with Crippen LogP contribution in [-0.2, 0) is 11.3 Å². The zero-order valence-corrected chi connectivity index (χ0v) is 24.2. The van der Waals surface area contributed by atoms with E-state index in [4.69, 9.17) is 19.7 Å². The molecule has 10 nitrogen and oxygen atoms in total. The normalized spacial score (nSPS) is 24.3. The molecule has 3 aromatic heterocycles. The number of H-pyrrole nitrogens is 1. The molecule has 4 heterocycles. The Balaban J connectivity index is 1.37. The van der Waals surface area contributed by atoms with Crippen LogP contribution in [0.2, 0.25) is 0 Å². The molecule has 2 atom stereocenters. The summed E-state index contributed by atoms with van der Waals surface area (Å²) in [5.41, 5.74) is 2.93. The van der Waals surface area contributed by atoms with E-state index in [9.17, 15) is 0 Å². The molecule has 216 valence electrons. The standard InChI is InChI=1S/C31H41N9O/c1-20-11-13-22(14-12-20)17-40-26-27(34-21(2)23-9-6-10-23)35-30(29-32-19-33-38-29)36-28(26)37-31(40)39-15-16-41-18-25(39)24-7-4-3-5-8-24/h3-5,7-8,19-23,25H,6,9-18H2,1-2H3,(H,32,33,38)(H,34,35,36). The van der Waals surface area contributed by atoms with Gasteiger partial charge in [-0.25, -0.2) is 15.0 Å². The van der Waals surface area contributed by atoms with Gasteiger partial charge in [-0.05, 0) is 55.9 Å². The highest BCUT2D eigenvalue weighted by atomic mass is 16.5. The molecule has 2 N–H and O–H groups in total. The molecule has 3 aliphatic rings. The van der Waals surface area contributed by atoms with Gasteiger partial charge in [0, 0.05) is 19.1 Å². The zero-order valence-electron chi connectivity index (χ0n) is 24.2. The number of hydrogen-bond acceptors (Lipinski definition) is 8. The Morgan fingerprint density at radius 1 is 1.05 bits per heavy atom. The number of aromatic nitrogens is 7. The van der Waals surface area contributed by atoms with E-state index < -0.39 is 0 Å². The molecule has 0 bridgehead atoms. The Labute approximate surface area is 241 Å². The Morgan fingerprint density at radius 2 is 1.88 bits per heavy atom. The lowest BCUT2D eigenvalue weighted by Gasteiger charge is -2.37. The highest BCUT2D eigenvalue weighted by Gasteiger charge is 2.33. The molecule has 2 unspecified atom stereocenters. The van der Waals surface area contributed by atoms with Crippen LogP contribution in [0.15, 0.2) is 36.7 Å². The summed E-state index contributed by atoms with van der Waals surface area (Å²) in [6.07, 6.45) is 10.4. The molecule has 0 spiro atoms. The van der Waals surface area contributed by atoms with E-state index in [1.807, 2.05) is 0 Å². The second-order valence-electron chi connectivity index (χ2n) is 12.4. The zero-order chi connectivity index (χ0) is 27.8. The number of imidazole rings is 1. The predicted octanol–water partition coefficient (Wildman–Crippen LogP) is 5.62. The Morgan fingerprint density at radius 3 is 2.61 bits per heavy atom. The van der Waals surface area contributed by atoms with Gasteiger partial charge in [-0.3, -0.25) is 5.10 Å². The third kappa shape index (κ3) is 5.29. The number of anilines is 2. The molecule has 4 aromatic rings. The summed E-state index contributed by atoms with van der Waals surface area (Å²) in [5, 5.41) is 10.8. The van der Waals surface area contributed by atoms with Crippen LogP contribution in [-0.4, -0.2) is 60.5 Å². The maximum Gasteiger partial charge on any atom is 0.208 e. The highest BCUT2D eigenvalue weighted by Crippen LogP contribution is 2.38. The van der Waals surface area contributed by atoms with Crippen LogP contribution in [0, 0.1) is 17.8 Å². The van der Waals surface area contributed by atoms with Crippen molar-refractivity contribution in [3.05, 3.63) is 42.2 Å². The number of morpholine rings is 1. The highest BCUT2D eigenvalue weighted by molar-refractivity contribution is 5.87. The lowest BCUT2D eigenvalue weighted by molar-refractivity contribution is 0.0927. The number of hydrogen-bond donors (Lipinski definition) is 2. The minimum absolute atomic E-state index is 0.0823. The van der Waals surface area contributed by atoms with Crippen LogP contribution in [0.4, 0.5) is 11.8 Å². The third-order valence-corrected chi connectivity index (χ3v) is 9.58. The van der Waals surface area contributed by atoms with Gasteiger partial charge < -0.3 is 19.5 Å². The summed E-state index contributed by atoms with van der Waals surface area (Å²) >= 11 is 0. The van der Waals surface area contributed by atoms with Crippen molar-refractivity contribution in [2.24, 2.45) is 17.8 Å². The molecular weight excluding hydrogens is 514 g/mol. The van der Waals surface area contributed by atoms with Crippen LogP contribution < -0.4 is 10.2 Å².